The van der Waals surface area contributed by atoms with E-state index in [0.717, 1.165) is 17.6 Å². The van der Waals surface area contributed by atoms with Gasteiger partial charge in [0.15, 0.2) is 0 Å². The molecule has 4 N–H and O–H groups in total. The van der Waals surface area contributed by atoms with E-state index >= 15 is 0 Å². The number of rotatable bonds is 5. The molecule has 0 aliphatic carbocycles. The van der Waals surface area contributed by atoms with E-state index < -0.39 is 0 Å². The molecule has 2 aromatic heterocycles. The summed E-state index contributed by atoms with van der Waals surface area (Å²) in [6.07, 6.45) is 2.40. The Bertz CT molecular complexity index is 838. The molecule has 3 aromatic rings. The van der Waals surface area contributed by atoms with Crippen LogP contribution >= 0.6 is 0 Å². The number of amides is 1. The first kappa shape index (κ1) is 15.2. The van der Waals surface area contributed by atoms with Crippen LogP contribution in [0.25, 0.3) is 10.9 Å². The number of H-pyrrole nitrogens is 1. The maximum Gasteiger partial charge on any atom is 0.251 e. The number of aromatic nitrogens is 2. The van der Waals surface area contributed by atoms with E-state index in [1.807, 2.05) is 12.1 Å². The quantitative estimate of drug-likeness (QED) is 0.676. The van der Waals surface area contributed by atoms with Crippen molar-refractivity contribution >= 4 is 16.8 Å². The number of benzene rings is 1. The highest BCUT2D eigenvalue weighted by Crippen LogP contribution is 2.21. The maximum absolute atomic E-state index is 12.2. The summed E-state index contributed by atoms with van der Waals surface area (Å²) in [5.41, 5.74) is 10.4. The van der Waals surface area contributed by atoms with E-state index in [4.69, 9.17) is 5.73 Å². The van der Waals surface area contributed by atoms with Gasteiger partial charge in [0, 0.05) is 41.4 Å². The molecule has 0 unspecified atom stereocenters. The Morgan fingerprint density at radius 2 is 2.13 bits per heavy atom. The number of nitrogens with zero attached hydrogens (tertiary/aromatic N) is 1. The SMILES string of the molecule is Cc1[nH]c2ccccc2c1CCNC(=O)c1ccnc(CN)c1. The van der Waals surface area contributed by atoms with Gasteiger partial charge in [-0.05, 0) is 37.1 Å². The van der Waals surface area contributed by atoms with Gasteiger partial charge in [-0.25, -0.2) is 0 Å². The number of pyridine rings is 1. The normalized spacial score (nSPS) is 10.9. The Hall–Kier alpha value is -2.66. The summed E-state index contributed by atoms with van der Waals surface area (Å²) in [7, 11) is 0. The zero-order valence-electron chi connectivity index (χ0n) is 13.1. The van der Waals surface area contributed by atoms with Gasteiger partial charge in [-0.3, -0.25) is 9.78 Å². The number of aromatic amines is 1. The number of nitrogens with two attached hydrogens (primary N) is 1. The molecule has 1 amide bonds. The number of fused-ring (bicyclic) bond motifs is 1. The van der Waals surface area contributed by atoms with Gasteiger partial charge in [0.25, 0.3) is 5.91 Å². The van der Waals surface area contributed by atoms with Gasteiger partial charge in [0.05, 0.1) is 5.69 Å². The monoisotopic (exact) mass is 308 g/mol. The molecular formula is C18H20N4O. The maximum atomic E-state index is 12.2. The molecule has 5 nitrogen and oxygen atoms in total. The molecule has 5 heteroatoms. The van der Waals surface area contributed by atoms with Gasteiger partial charge in [-0.15, -0.1) is 0 Å². The molecule has 1 aromatic carbocycles. The van der Waals surface area contributed by atoms with Gasteiger partial charge < -0.3 is 16.0 Å². The lowest BCUT2D eigenvalue weighted by Crippen LogP contribution is -2.26. The molecule has 118 valence electrons. The second-order valence-electron chi connectivity index (χ2n) is 5.52. The minimum absolute atomic E-state index is 0.0976. The third-order valence-corrected chi connectivity index (χ3v) is 3.98. The van der Waals surface area contributed by atoms with Gasteiger partial charge in [0.2, 0.25) is 0 Å². The molecule has 0 saturated carbocycles. The summed E-state index contributed by atoms with van der Waals surface area (Å²) in [6.45, 7) is 2.98. The number of hydrogen-bond acceptors (Lipinski definition) is 3. The lowest BCUT2D eigenvalue weighted by Gasteiger charge is -2.06. The fourth-order valence-electron chi connectivity index (χ4n) is 2.79. The first-order valence-electron chi connectivity index (χ1n) is 7.68. The summed E-state index contributed by atoms with van der Waals surface area (Å²) in [5.74, 6) is -0.0976. The lowest BCUT2D eigenvalue weighted by molar-refractivity contribution is 0.0954. The molecular weight excluding hydrogens is 288 g/mol. The number of carbonyl (C=O) groups excluding carboxylic acids is 1. The van der Waals surface area contributed by atoms with Crippen molar-refractivity contribution in [3.8, 4) is 0 Å². The summed E-state index contributed by atoms with van der Waals surface area (Å²) in [6, 6.07) is 11.6. The first-order chi connectivity index (χ1) is 11.2. The highest BCUT2D eigenvalue weighted by Gasteiger charge is 2.09. The molecule has 0 saturated heterocycles. The zero-order valence-corrected chi connectivity index (χ0v) is 13.1. The van der Waals surface area contributed by atoms with Crippen LogP contribution in [0.15, 0.2) is 42.6 Å². The van der Waals surface area contributed by atoms with E-state index in [1.165, 1.54) is 10.9 Å². The first-order valence-corrected chi connectivity index (χ1v) is 7.68. The van der Waals surface area contributed by atoms with Gasteiger partial charge in [-0.1, -0.05) is 18.2 Å². The Labute approximate surface area is 134 Å². The number of para-hydroxylation sites is 1. The van der Waals surface area contributed by atoms with Crippen LogP contribution in [0, 0.1) is 6.92 Å². The molecule has 0 spiro atoms. The number of aryl methyl sites for hydroxylation is 1. The Kier molecular flexibility index (Phi) is 4.39. The van der Waals surface area contributed by atoms with E-state index in [1.54, 1.807) is 18.3 Å². The smallest absolute Gasteiger partial charge is 0.251 e. The highest BCUT2D eigenvalue weighted by molar-refractivity contribution is 5.94. The minimum Gasteiger partial charge on any atom is -0.358 e. The molecule has 0 radical (unpaired) electrons. The fraction of sp³-hybridized carbons (Fsp3) is 0.222. The van der Waals surface area contributed by atoms with Crippen molar-refractivity contribution in [1.29, 1.82) is 0 Å². The molecule has 0 fully saturated rings. The van der Waals surface area contributed by atoms with E-state index in [-0.39, 0.29) is 5.91 Å². The zero-order chi connectivity index (χ0) is 16.2. The fourth-order valence-corrected chi connectivity index (χ4v) is 2.79. The summed E-state index contributed by atoms with van der Waals surface area (Å²) < 4.78 is 0. The average molecular weight is 308 g/mol. The van der Waals surface area contributed by atoms with Crippen molar-refractivity contribution in [3.63, 3.8) is 0 Å². The van der Waals surface area contributed by atoms with Crippen LogP contribution in [0.5, 0.6) is 0 Å². The molecule has 2 heterocycles. The summed E-state index contributed by atoms with van der Waals surface area (Å²) in [5, 5.41) is 4.18. The molecule has 0 atom stereocenters. The molecule has 23 heavy (non-hydrogen) atoms. The summed E-state index contributed by atoms with van der Waals surface area (Å²) >= 11 is 0. The van der Waals surface area contributed by atoms with Crippen LogP contribution in [0.1, 0.15) is 27.3 Å². The number of carbonyl (C=O) groups is 1. The van der Waals surface area contributed by atoms with Crippen LogP contribution in [-0.4, -0.2) is 22.4 Å². The lowest BCUT2D eigenvalue weighted by atomic mass is 10.1. The number of hydrogen-bond donors (Lipinski definition) is 3. The predicted octanol–water partition coefficient (Wildman–Crippen LogP) is 2.30. The average Bonchev–Trinajstić information content (AvgIpc) is 2.90. The van der Waals surface area contributed by atoms with E-state index in [2.05, 4.69) is 34.3 Å². The van der Waals surface area contributed by atoms with Crippen LogP contribution in [0.2, 0.25) is 0 Å². The summed E-state index contributed by atoms with van der Waals surface area (Å²) in [4.78, 5) is 19.7. The molecule has 0 aliphatic rings. The predicted molar refractivity (Wildman–Crippen MR) is 91.2 cm³/mol. The standard InChI is InChI=1S/C18H20N4O/c1-12-15(16-4-2-3-5-17(16)22-12)7-9-21-18(23)13-6-8-20-14(10-13)11-19/h2-6,8,10,22H,7,9,11,19H2,1H3,(H,21,23). The minimum atomic E-state index is -0.0976. The van der Waals surface area contributed by atoms with Gasteiger partial charge in [-0.2, -0.15) is 0 Å². The van der Waals surface area contributed by atoms with Gasteiger partial charge in [0.1, 0.15) is 0 Å². The van der Waals surface area contributed by atoms with E-state index in [0.29, 0.717) is 24.3 Å². The molecule has 0 aliphatic heterocycles. The molecule has 0 bridgehead atoms. The number of nitrogens with one attached hydrogen (secondary N) is 2. The van der Waals surface area contributed by atoms with Crippen LogP contribution in [-0.2, 0) is 13.0 Å². The Morgan fingerprint density at radius 3 is 2.96 bits per heavy atom. The van der Waals surface area contributed by atoms with Crippen LogP contribution in [0.4, 0.5) is 0 Å². The van der Waals surface area contributed by atoms with Crippen molar-refractivity contribution in [2.24, 2.45) is 5.73 Å². The largest absolute Gasteiger partial charge is 0.358 e. The van der Waals surface area contributed by atoms with E-state index in [9.17, 15) is 4.79 Å². The van der Waals surface area contributed by atoms with Crippen molar-refractivity contribution in [1.82, 2.24) is 15.3 Å². The second kappa shape index (κ2) is 6.62. The second-order valence-corrected chi connectivity index (χ2v) is 5.52. The van der Waals surface area contributed by atoms with Crippen LogP contribution in [0.3, 0.4) is 0 Å². The molecule has 3 rings (SSSR count). The van der Waals surface area contributed by atoms with Crippen LogP contribution < -0.4 is 11.1 Å². The van der Waals surface area contributed by atoms with Gasteiger partial charge >= 0.3 is 0 Å². The Morgan fingerprint density at radius 1 is 1.30 bits per heavy atom. The topological polar surface area (TPSA) is 83.8 Å². The van der Waals surface area contributed by atoms with Crippen molar-refractivity contribution in [2.45, 2.75) is 19.9 Å². The van der Waals surface area contributed by atoms with Crippen molar-refractivity contribution in [2.75, 3.05) is 6.54 Å². The third-order valence-electron chi connectivity index (χ3n) is 3.98. The Balaban J connectivity index is 1.66. The van der Waals surface area contributed by atoms with Crippen molar-refractivity contribution < 1.29 is 4.79 Å². The third kappa shape index (κ3) is 3.24. The highest BCUT2D eigenvalue weighted by atomic mass is 16.1. The van der Waals surface area contributed by atoms with Crippen molar-refractivity contribution in [3.05, 3.63) is 65.1 Å².